The Morgan fingerprint density at radius 2 is 2.17 bits per heavy atom. The van der Waals surface area contributed by atoms with Crippen molar-refractivity contribution in [3.63, 3.8) is 0 Å². The summed E-state index contributed by atoms with van der Waals surface area (Å²) < 4.78 is 0. The molecule has 2 N–H and O–H groups in total. The molecule has 0 saturated heterocycles. The van der Waals surface area contributed by atoms with Gasteiger partial charge in [-0.05, 0) is 18.2 Å². The average Bonchev–Trinajstić information content (AvgIpc) is 2.08. The van der Waals surface area contributed by atoms with Crippen molar-refractivity contribution in [2.45, 2.75) is 5.38 Å². The lowest BCUT2D eigenvalue weighted by molar-refractivity contribution is -0.107. The monoisotopic (exact) mass is 203 g/mol. The van der Waals surface area contributed by atoms with Crippen LogP contribution in [-0.4, -0.2) is 6.29 Å². The molecule has 1 aromatic carbocycles. The molecule has 0 bridgehead atoms. The fourth-order valence-electron chi connectivity index (χ4n) is 0.858. The number of alkyl halides is 1. The van der Waals surface area contributed by atoms with Crippen LogP contribution in [0.2, 0.25) is 5.02 Å². The summed E-state index contributed by atoms with van der Waals surface area (Å²) in [5.74, 6) is 0. The molecule has 0 saturated carbocycles. The van der Waals surface area contributed by atoms with Crippen molar-refractivity contribution in [2.24, 2.45) is 0 Å². The Kier molecular flexibility index (Phi) is 2.95. The molecule has 0 aliphatic rings. The molecule has 0 aromatic heterocycles. The Labute approximate surface area is 80.3 Å². The van der Waals surface area contributed by atoms with Gasteiger partial charge in [-0.25, -0.2) is 0 Å². The first-order valence-corrected chi connectivity index (χ1v) is 4.11. The number of nitrogens with two attached hydrogens (primary N) is 1. The van der Waals surface area contributed by atoms with Crippen LogP contribution >= 0.6 is 23.2 Å². The molecule has 1 atom stereocenters. The number of hydrogen-bond acceptors (Lipinski definition) is 2. The Hall–Kier alpha value is -0.730. The molecule has 0 aliphatic heterocycles. The van der Waals surface area contributed by atoms with Crippen LogP contribution < -0.4 is 5.73 Å². The van der Waals surface area contributed by atoms with E-state index in [-0.39, 0.29) is 0 Å². The highest BCUT2D eigenvalue weighted by atomic mass is 35.5. The van der Waals surface area contributed by atoms with Gasteiger partial charge >= 0.3 is 0 Å². The summed E-state index contributed by atoms with van der Waals surface area (Å²) in [4.78, 5) is 10.3. The van der Waals surface area contributed by atoms with Gasteiger partial charge in [0.1, 0.15) is 11.7 Å². The van der Waals surface area contributed by atoms with Crippen LogP contribution in [0, 0.1) is 0 Å². The normalized spacial score (nSPS) is 12.5. The molecule has 4 heteroatoms. The minimum atomic E-state index is -0.719. The second kappa shape index (κ2) is 3.78. The lowest BCUT2D eigenvalue weighted by atomic mass is 10.1. The summed E-state index contributed by atoms with van der Waals surface area (Å²) >= 11 is 11.3. The van der Waals surface area contributed by atoms with Gasteiger partial charge in [0.2, 0.25) is 0 Å². The fourth-order valence-corrected chi connectivity index (χ4v) is 1.23. The number of carbonyl (C=O) groups excluding carboxylic acids is 1. The summed E-state index contributed by atoms with van der Waals surface area (Å²) in [7, 11) is 0. The second-order valence-electron chi connectivity index (χ2n) is 2.31. The van der Waals surface area contributed by atoms with Crippen LogP contribution in [0.4, 0.5) is 5.69 Å². The van der Waals surface area contributed by atoms with Gasteiger partial charge in [0.05, 0.1) is 0 Å². The summed E-state index contributed by atoms with van der Waals surface area (Å²) in [6.45, 7) is 0. The predicted molar refractivity (Wildman–Crippen MR) is 50.5 cm³/mol. The van der Waals surface area contributed by atoms with Gasteiger partial charge in [0, 0.05) is 16.3 Å². The number of benzene rings is 1. The van der Waals surface area contributed by atoms with Crippen molar-refractivity contribution in [3.05, 3.63) is 28.8 Å². The third-order valence-corrected chi connectivity index (χ3v) is 2.04. The zero-order valence-electron chi connectivity index (χ0n) is 6.13. The number of aldehydes is 1. The van der Waals surface area contributed by atoms with Gasteiger partial charge in [0.25, 0.3) is 0 Å². The SMILES string of the molecule is Nc1ccc(Cl)cc1C(Cl)C=O. The van der Waals surface area contributed by atoms with E-state index in [1.165, 1.54) is 0 Å². The highest BCUT2D eigenvalue weighted by molar-refractivity contribution is 6.31. The lowest BCUT2D eigenvalue weighted by Gasteiger charge is -2.06. The highest BCUT2D eigenvalue weighted by Gasteiger charge is 2.09. The zero-order chi connectivity index (χ0) is 9.14. The van der Waals surface area contributed by atoms with Gasteiger partial charge in [-0.2, -0.15) is 0 Å². The van der Waals surface area contributed by atoms with Crippen molar-refractivity contribution >= 4 is 35.2 Å². The van der Waals surface area contributed by atoms with Crippen LogP contribution in [0.25, 0.3) is 0 Å². The van der Waals surface area contributed by atoms with Gasteiger partial charge in [-0.15, -0.1) is 11.6 Å². The molecule has 12 heavy (non-hydrogen) atoms. The predicted octanol–water partition coefficient (Wildman–Crippen LogP) is 2.40. The molecule has 1 rings (SSSR count). The number of rotatable bonds is 2. The number of hydrogen-bond donors (Lipinski definition) is 1. The van der Waals surface area contributed by atoms with Gasteiger partial charge < -0.3 is 10.5 Å². The van der Waals surface area contributed by atoms with E-state index in [4.69, 9.17) is 28.9 Å². The van der Waals surface area contributed by atoms with Gasteiger partial charge in [0.15, 0.2) is 0 Å². The minimum absolute atomic E-state index is 0.478. The fraction of sp³-hybridized carbons (Fsp3) is 0.125. The van der Waals surface area contributed by atoms with E-state index in [9.17, 15) is 4.79 Å². The molecule has 1 aromatic rings. The molecular formula is C8H7Cl2NO. The quantitative estimate of drug-likeness (QED) is 0.456. The topological polar surface area (TPSA) is 43.1 Å². The molecule has 1 unspecified atom stereocenters. The Morgan fingerprint density at radius 3 is 2.75 bits per heavy atom. The maximum Gasteiger partial charge on any atom is 0.142 e. The number of nitrogen functional groups attached to an aromatic ring is 1. The van der Waals surface area contributed by atoms with Gasteiger partial charge in [-0.3, -0.25) is 0 Å². The summed E-state index contributed by atoms with van der Waals surface area (Å²) in [6, 6.07) is 4.86. The molecule has 0 aliphatic carbocycles. The smallest absolute Gasteiger partial charge is 0.142 e. The lowest BCUT2D eigenvalue weighted by Crippen LogP contribution is -1.97. The summed E-state index contributed by atoms with van der Waals surface area (Å²) in [6.07, 6.45) is 0.615. The molecule has 64 valence electrons. The van der Waals surface area contributed by atoms with E-state index in [0.29, 0.717) is 22.6 Å². The van der Waals surface area contributed by atoms with Crippen molar-refractivity contribution in [2.75, 3.05) is 5.73 Å². The number of anilines is 1. The Balaban J connectivity index is 3.12. The number of halogens is 2. The molecule has 2 nitrogen and oxygen atoms in total. The van der Waals surface area contributed by atoms with Gasteiger partial charge in [-0.1, -0.05) is 11.6 Å². The van der Waals surface area contributed by atoms with Crippen LogP contribution in [0.15, 0.2) is 18.2 Å². The van der Waals surface area contributed by atoms with Crippen molar-refractivity contribution in [3.8, 4) is 0 Å². The molecule has 0 spiro atoms. The molecule has 0 fully saturated rings. The highest BCUT2D eigenvalue weighted by Crippen LogP contribution is 2.26. The molecular weight excluding hydrogens is 197 g/mol. The standard InChI is InChI=1S/C8H7Cl2NO/c9-5-1-2-8(11)6(3-5)7(10)4-12/h1-4,7H,11H2. The van der Waals surface area contributed by atoms with E-state index < -0.39 is 5.38 Å². The first-order valence-electron chi connectivity index (χ1n) is 3.29. The zero-order valence-corrected chi connectivity index (χ0v) is 7.64. The Morgan fingerprint density at radius 1 is 1.50 bits per heavy atom. The summed E-state index contributed by atoms with van der Waals surface area (Å²) in [5.41, 5.74) is 6.60. The van der Waals surface area contributed by atoms with Crippen molar-refractivity contribution in [1.29, 1.82) is 0 Å². The average molecular weight is 204 g/mol. The van der Waals surface area contributed by atoms with Crippen LogP contribution in [-0.2, 0) is 4.79 Å². The molecule has 0 radical (unpaired) electrons. The van der Waals surface area contributed by atoms with Crippen molar-refractivity contribution < 1.29 is 4.79 Å². The third-order valence-electron chi connectivity index (χ3n) is 1.47. The Bertz CT molecular complexity index is 301. The summed E-state index contributed by atoms with van der Waals surface area (Å²) in [5, 5.41) is -0.199. The minimum Gasteiger partial charge on any atom is -0.398 e. The second-order valence-corrected chi connectivity index (χ2v) is 3.22. The van der Waals surface area contributed by atoms with Crippen LogP contribution in [0.3, 0.4) is 0 Å². The van der Waals surface area contributed by atoms with E-state index in [1.54, 1.807) is 18.2 Å². The first-order chi connectivity index (χ1) is 5.65. The third kappa shape index (κ3) is 1.90. The van der Waals surface area contributed by atoms with E-state index >= 15 is 0 Å². The van der Waals surface area contributed by atoms with E-state index in [0.717, 1.165) is 0 Å². The first kappa shape index (κ1) is 9.36. The largest absolute Gasteiger partial charge is 0.398 e. The van der Waals surface area contributed by atoms with Crippen LogP contribution in [0.1, 0.15) is 10.9 Å². The maximum absolute atomic E-state index is 10.3. The number of carbonyl (C=O) groups is 1. The molecule has 0 amide bonds. The van der Waals surface area contributed by atoms with Crippen LogP contribution in [0.5, 0.6) is 0 Å². The maximum atomic E-state index is 10.3. The molecule has 0 heterocycles. The van der Waals surface area contributed by atoms with Crippen molar-refractivity contribution in [1.82, 2.24) is 0 Å². The van der Waals surface area contributed by atoms with E-state index in [1.807, 2.05) is 0 Å². The van der Waals surface area contributed by atoms with E-state index in [2.05, 4.69) is 0 Å².